The van der Waals surface area contributed by atoms with Crippen molar-refractivity contribution in [3.05, 3.63) is 35.0 Å². The molecule has 1 aliphatic heterocycles. The third kappa shape index (κ3) is 2.67. The largest absolute Gasteiger partial charge is 0.495 e. The number of halogens is 1. The van der Waals surface area contributed by atoms with Gasteiger partial charge in [-0.25, -0.2) is 4.68 Å². The molecule has 2 aromatic rings. The molecular formula is C14H14ClN3O3. The second-order valence-corrected chi connectivity index (χ2v) is 5.02. The Morgan fingerprint density at radius 2 is 2.38 bits per heavy atom. The Morgan fingerprint density at radius 3 is 3.19 bits per heavy atom. The maximum absolute atomic E-state index is 12.4. The Morgan fingerprint density at radius 1 is 1.52 bits per heavy atom. The number of fused-ring (bicyclic) bond motifs is 1. The van der Waals surface area contributed by atoms with Crippen LogP contribution in [-0.2, 0) is 6.54 Å². The summed E-state index contributed by atoms with van der Waals surface area (Å²) in [4.78, 5) is 12.4. The van der Waals surface area contributed by atoms with Crippen molar-refractivity contribution in [2.24, 2.45) is 0 Å². The van der Waals surface area contributed by atoms with Crippen LogP contribution in [0.3, 0.4) is 0 Å². The van der Waals surface area contributed by atoms with E-state index in [2.05, 4.69) is 10.4 Å². The Kier molecular flexibility index (Phi) is 3.70. The highest BCUT2D eigenvalue weighted by molar-refractivity contribution is 6.31. The SMILES string of the molecule is COc1ccc(Cl)cc1NC(=O)c1cnn2c1OCCC2. The normalized spacial score (nSPS) is 13.2. The number of nitrogens with one attached hydrogen (secondary N) is 1. The Bertz CT molecular complexity index is 684. The van der Waals surface area contributed by atoms with Gasteiger partial charge in [0.15, 0.2) is 0 Å². The van der Waals surface area contributed by atoms with Crippen molar-refractivity contribution in [1.29, 1.82) is 0 Å². The number of aryl methyl sites for hydroxylation is 1. The predicted molar refractivity (Wildman–Crippen MR) is 78.3 cm³/mol. The number of hydrogen-bond donors (Lipinski definition) is 1. The smallest absolute Gasteiger partial charge is 0.262 e. The van der Waals surface area contributed by atoms with Crippen molar-refractivity contribution < 1.29 is 14.3 Å². The van der Waals surface area contributed by atoms with Crippen LogP contribution in [0.1, 0.15) is 16.8 Å². The maximum Gasteiger partial charge on any atom is 0.262 e. The van der Waals surface area contributed by atoms with E-state index in [4.69, 9.17) is 21.1 Å². The molecule has 0 radical (unpaired) electrons. The first kappa shape index (κ1) is 13.8. The molecule has 0 saturated carbocycles. The van der Waals surface area contributed by atoms with Crippen molar-refractivity contribution in [3.8, 4) is 11.6 Å². The van der Waals surface area contributed by atoms with E-state index in [1.54, 1.807) is 22.9 Å². The van der Waals surface area contributed by atoms with Gasteiger partial charge in [-0.05, 0) is 18.2 Å². The highest BCUT2D eigenvalue weighted by Crippen LogP contribution is 2.29. The quantitative estimate of drug-likeness (QED) is 0.946. The minimum atomic E-state index is -0.307. The summed E-state index contributed by atoms with van der Waals surface area (Å²) in [7, 11) is 1.53. The molecule has 110 valence electrons. The van der Waals surface area contributed by atoms with Gasteiger partial charge in [0.1, 0.15) is 11.3 Å². The number of benzene rings is 1. The van der Waals surface area contributed by atoms with Gasteiger partial charge in [-0.15, -0.1) is 0 Å². The van der Waals surface area contributed by atoms with Crippen LogP contribution in [0.5, 0.6) is 11.6 Å². The highest BCUT2D eigenvalue weighted by Gasteiger charge is 2.22. The minimum Gasteiger partial charge on any atom is -0.495 e. The van der Waals surface area contributed by atoms with Gasteiger partial charge < -0.3 is 14.8 Å². The number of hydrogen-bond acceptors (Lipinski definition) is 4. The molecule has 0 bridgehead atoms. The number of methoxy groups -OCH3 is 1. The fourth-order valence-electron chi connectivity index (χ4n) is 2.19. The summed E-state index contributed by atoms with van der Waals surface area (Å²) in [5.41, 5.74) is 0.905. The van der Waals surface area contributed by atoms with Crippen molar-refractivity contribution >= 4 is 23.2 Å². The summed E-state index contributed by atoms with van der Waals surface area (Å²) in [5, 5.41) is 7.44. The van der Waals surface area contributed by atoms with Gasteiger partial charge in [-0.3, -0.25) is 4.79 Å². The molecule has 1 aromatic heterocycles. The van der Waals surface area contributed by atoms with E-state index >= 15 is 0 Å². The second-order valence-electron chi connectivity index (χ2n) is 4.59. The first-order valence-electron chi connectivity index (χ1n) is 6.52. The van der Waals surface area contributed by atoms with E-state index in [1.807, 2.05) is 0 Å². The molecule has 1 aromatic carbocycles. The van der Waals surface area contributed by atoms with E-state index in [0.717, 1.165) is 13.0 Å². The van der Waals surface area contributed by atoms with Gasteiger partial charge >= 0.3 is 0 Å². The molecule has 7 heteroatoms. The van der Waals surface area contributed by atoms with Gasteiger partial charge in [0.25, 0.3) is 5.91 Å². The van der Waals surface area contributed by atoms with Crippen LogP contribution in [0.25, 0.3) is 0 Å². The molecule has 1 aliphatic rings. The summed E-state index contributed by atoms with van der Waals surface area (Å²) >= 11 is 5.95. The van der Waals surface area contributed by atoms with Gasteiger partial charge in [0.05, 0.1) is 25.6 Å². The van der Waals surface area contributed by atoms with Gasteiger partial charge in [-0.2, -0.15) is 5.10 Å². The molecule has 0 aliphatic carbocycles. The molecule has 3 rings (SSSR count). The zero-order valence-corrected chi connectivity index (χ0v) is 12.2. The standard InChI is InChI=1S/C14H14ClN3O3/c1-20-12-4-3-9(15)7-11(12)17-13(19)10-8-16-18-5-2-6-21-14(10)18/h3-4,7-8H,2,5-6H2,1H3,(H,17,19). The number of aromatic nitrogens is 2. The molecule has 0 spiro atoms. The molecule has 1 N–H and O–H groups in total. The lowest BCUT2D eigenvalue weighted by atomic mass is 10.2. The van der Waals surface area contributed by atoms with Crippen LogP contribution in [-0.4, -0.2) is 29.4 Å². The van der Waals surface area contributed by atoms with Crippen LogP contribution >= 0.6 is 11.6 Å². The van der Waals surface area contributed by atoms with Crippen molar-refractivity contribution in [2.75, 3.05) is 19.0 Å². The van der Waals surface area contributed by atoms with Crippen LogP contribution in [0.4, 0.5) is 5.69 Å². The molecule has 0 unspecified atom stereocenters. The van der Waals surface area contributed by atoms with Crippen LogP contribution in [0.2, 0.25) is 5.02 Å². The lowest BCUT2D eigenvalue weighted by Gasteiger charge is -2.16. The van der Waals surface area contributed by atoms with Gasteiger partial charge in [-0.1, -0.05) is 11.6 Å². The number of rotatable bonds is 3. The van der Waals surface area contributed by atoms with Crippen LogP contribution < -0.4 is 14.8 Å². The summed E-state index contributed by atoms with van der Waals surface area (Å²) in [6, 6.07) is 5.03. The zero-order chi connectivity index (χ0) is 14.8. The average molecular weight is 308 g/mol. The third-order valence-electron chi connectivity index (χ3n) is 3.20. The van der Waals surface area contributed by atoms with Gasteiger partial charge in [0, 0.05) is 18.0 Å². The summed E-state index contributed by atoms with van der Waals surface area (Å²) in [5.74, 6) is 0.730. The maximum atomic E-state index is 12.4. The first-order chi connectivity index (χ1) is 10.2. The number of carbonyl (C=O) groups excluding carboxylic acids is 1. The van der Waals surface area contributed by atoms with Gasteiger partial charge in [0.2, 0.25) is 5.88 Å². The Labute approximate surface area is 126 Å². The molecule has 1 amide bonds. The Hall–Kier alpha value is -2.21. The van der Waals surface area contributed by atoms with Crippen LogP contribution in [0, 0.1) is 0 Å². The van der Waals surface area contributed by atoms with E-state index in [0.29, 0.717) is 34.5 Å². The molecule has 2 heterocycles. The zero-order valence-electron chi connectivity index (χ0n) is 11.4. The lowest BCUT2D eigenvalue weighted by Crippen LogP contribution is -2.18. The highest BCUT2D eigenvalue weighted by atomic mass is 35.5. The topological polar surface area (TPSA) is 65.4 Å². The summed E-state index contributed by atoms with van der Waals surface area (Å²) in [6.07, 6.45) is 2.39. The monoisotopic (exact) mass is 307 g/mol. The summed E-state index contributed by atoms with van der Waals surface area (Å²) in [6.45, 7) is 1.34. The van der Waals surface area contributed by atoms with E-state index < -0.39 is 0 Å². The molecule has 6 nitrogen and oxygen atoms in total. The summed E-state index contributed by atoms with van der Waals surface area (Å²) < 4.78 is 12.4. The number of amides is 1. The fourth-order valence-corrected chi connectivity index (χ4v) is 2.36. The Balaban J connectivity index is 1.87. The number of ether oxygens (including phenoxy) is 2. The molecule has 0 atom stereocenters. The minimum absolute atomic E-state index is 0.307. The lowest BCUT2D eigenvalue weighted by molar-refractivity contribution is 0.102. The first-order valence-corrected chi connectivity index (χ1v) is 6.90. The van der Waals surface area contributed by atoms with Crippen molar-refractivity contribution in [1.82, 2.24) is 9.78 Å². The molecule has 0 saturated heterocycles. The number of nitrogens with zero attached hydrogens (tertiary/aromatic N) is 2. The van der Waals surface area contributed by atoms with Crippen molar-refractivity contribution in [2.45, 2.75) is 13.0 Å². The molecule has 21 heavy (non-hydrogen) atoms. The number of carbonyl (C=O) groups is 1. The second kappa shape index (κ2) is 5.65. The van der Waals surface area contributed by atoms with Crippen molar-refractivity contribution in [3.63, 3.8) is 0 Å². The number of anilines is 1. The molecular weight excluding hydrogens is 294 g/mol. The van der Waals surface area contributed by atoms with E-state index in [9.17, 15) is 4.79 Å². The van der Waals surface area contributed by atoms with E-state index in [-0.39, 0.29) is 5.91 Å². The predicted octanol–water partition coefficient (Wildman–Crippen LogP) is 2.58. The third-order valence-corrected chi connectivity index (χ3v) is 3.43. The molecule has 0 fully saturated rings. The van der Waals surface area contributed by atoms with E-state index in [1.165, 1.54) is 13.3 Å². The van der Waals surface area contributed by atoms with Crippen LogP contribution in [0.15, 0.2) is 24.4 Å². The average Bonchev–Trinajstić information content (AvgIpc) is 2.91. The fraction of sp³-hybridized carbons (Fsp3) is 0.286.